The summed E-state index contributed by atoms with van der Waals surface area (Å²) in [6.45, 7) is 0.0882. The van der Waals surface area contributed by atoms with E-state index in [4.69, 9.17) is 14.2 Å². The molecule has 3 aromatic rings. The molecule has 3 aromatic carbocycles. The standard InChI is InChI=1S/C23H21NO5/c1-27-21-14-17(12-18-10-6-7-11-19(18)21)13-20(22(25)28-2)24-23(26)29-15-16-8-4-3-5-9-16/h3-14H,15H2,1-2H3,(H,24,26)/b20-13-. The lowest BCUT2D eigenvalue weighted by atomic mass is 10.0. The first-order chi connectivity index (χ1) is 14.1. The number of nitrogens with one attached hydrogen (secondary N) is 1. The van der Waals surface area contributed by atoms with Crippen molar-refractivity contribution in [1.82, 2.24) is 5.32 Å². The number of rotatable bonds is 6. The Labute approximate surface area is 168 Å². The van der Waals surface area contributed by atoms with Gasteiger partial charge < -0.3 is 14.2 Å². The van der Waals surface area contributed by atoms with Crippen molar-refractivity contribution < 1.29 is 23.8 Å². The van der Waals surface area contributed by atoms with Crippen LogP contribution in [0.1, 0.15) is 11.1 Å². The van der Waals surface area contributed by atoms with Crippen molar-refractivity contribution in [3.63, 3.8) is 0 Å². The number of alkyl carbamates (subject to hydrolysis) is 1. The monoisotopic (exact) mass is 391 g/mol. The van der Waals surface area contributed by atoms with Crippen LogP contribution in [-0.2, 0) is 20.9 Å². The maximum atomic E-state index is 12.2. The lowest BCUT2D eigenvalue weighted by Crippen LogP contribution is -2.28. The maximum absolute atomic E-state index is 12.2. The van der Waals surface area contributed by atoms with Gasteiger partial charge in [0.2, 0.25) is 0 Å². The molecule has 0 atom stereocenters. The van der Waals surface area contributed by atoms with Crippen molar-refractivity contribution in [3.05, 3.63) is 83.6 Å². The number of benzene rings is 3. The van der Waals surface area contributed by atoms with E-state index in [1.807, 2.05) is 60.7 Å². The fourth-order valence-corrected chi connectivity index (χ4v) is 2.84. The molecular formula is C23H21NO5. The average molecular weight is 391 g/mol. The minimum Gasteiger partial charge on any atom is -0.496 e. The Hall–Kier alpha value is -3.80. The molecule has 6 nitrogen and oxygen atoms in total. The largest absolute Gasteiger partial charge is 0.496 e. The van der Waals surface area contributed by atoms with Crippen LogP contribution < -0.4 is 10.1 Å². The summed E-state index contributed by atoms with van der Waals surface area (Å²) >= 11 is 0. The summed E-state index contributed by atoms with van der Waals surface area (Å²) in [5.41, 5.74) is 1.47. The maximum Gasteiger partial charge on any atom is 0.412 e. The Morgan fingerprint density at radius 1 is 0.966 bits per heavy atom. The first kappa shape index (κ1) is 19.9. The van der Waals surface area contributed by atoms with E-state index in [2.05, 4.69) is 5.32 Å². The van der Waals surface area contributed by atoms with Crippen LogP contribution in [0.4, 0.5) is 4.79 Å². The van der Waals surface area contributed by atoms with Gasteiger partial charge in [-0.15, -0.1) is 0 Å². The quantitative estimate of drug-likeness (QED) is 0.501. The minimum absolute atomic E-state index is 0.0390. The van der Waals surface area contributed by atoms with E-state index in [9.17, 15) is 9.59 Å². The van der Waals surface area contributed by atoms with Gasteiger partial charge in [0.1, 0.15) is 18.1 Å². The molecule has 6 heteroatoms. The van der Waals surface area contributed by atoms with Gasteiger partial charge in [-0.3, -0.25) is 5.32 Å². The summed E-state index contributed by atoms with van der Waals surface area (Å²) in [5.74, 6) is -0.0287. The Kier molecular flexibility index (Phi) is 6.47. The van der Waals surface area contributed by atoms with Crippen LogP contribution in [0, 0.1) is 0 Å². The summed E-state index contributed by atoms with van der Waals surface area (Å²) in [6, 6.07) is 20.6. The van der Waals surface area contributed by atoms with Gasteiger partial charge in [-0.1, -0.05) is 54.6 Å². The summed E-state index contributed by atoms with van der Waals surface area (Å²) in [7, 11) is 2.82. The highest BCUT2D eigenvalue weighted by atomic mass is 16.6. The zero-order valence-electron chi connectivity index (χ0n) is 16.2. The molecule has 3 rings (SSSR count). The number of carbonyl (C=O) groups excluding carboxylic acids is 2. The number of ether oxygens (including phenoxy) is 3. The predicted molar refractivity (Wildman–Crippen MR) is 110 cm³/mol. The molecule has 0 aliphatic carbocycles. The normalized spacial score (nSPS) is 11.0. The summed E-state index contributed by atoms with van der Waals surface area (Å²) in [6.07, 6.45) is 0.767. The summed E-state index contributed by atoms with van der Waals surface area (Å²) in [5, 5.41) is 4.34. The first-order valence-corrected chi connectivity index (χ1v) is 8.95. The number of fused-ring (bicyclic) bond motifs is 1. The molecule has 0 aliphatic rings. The highest BCUT2D eigenvalue weighted by Gasteiger charge is 2.15. The molecule has 1 N–H and O–H groups in total. The van der Waals surface area contributed by atoms with Gasteiger partial charge in [0.05, 0.1) is 14.2 Å². The lowest BCUT2D eigenvalue weighted by molar-refractivity contribution is -0.136. The van der Waals surface area contributed by atoms with Gasteiger partial charge in [-0.05, 0) is 34.7 Å². The van der Waals surface area contributed by atoms with Crippen LogP contribution >= 0.6 is 0 Å². The van der Waals surface area contributed by atoms with Crippen LogP contribution in [0.5, 0.6) is 5.75 Å². The van der Waals surface area contributed by atoms with Gasteiger partial charge in [-0.25, -0.2) is 9.59 Å². The third kappa shape index (κ3) is 5.13. The van der Waals surface area contributed by atoms with Crippen molar-refractivity contribution in [1.29, 1.82) is 0 Å². The van der Waals surface area contributed by atoms with Crippen LogP contribution in [-0.4, -0.2) is 26.3 Å². The summed E-state index contributed by atoms with van der Waals surface area (Å²) < 4.78 is 15.4. The van der Waals surface area contributed by atoms with Crippen molar-refractivity contribution in [2.24, 2.45) is 0 Å². The fourth-order valence-electron chi connectivity index (χ4n) is 2.84. The lowest BCUT2D eigenvalue weighted by Gasteiger charge is -2.11. The van der Waals surface area contributed by atoms with Crippen molar-refractivity contribution >= 4 is 28.9 Å². The van der Waals surface area contributed by atoms with Crippen molar-refractivity contribution in [2.45, 2.75) is 6.61 Å². The molecule has 0 radical (unpaired) electrons. The van der Waals surface area contributed by atoms with Crippen molar-refractivity contribution in [3.8, 4) is 5.75 Å². The number of carbonyl (C=O) groups is 2. The molecule has 0 heterocycles. The highest BCUT2D eigenvalue weighted by molar-refractivity contribution is 5.98. The molecule has 0 aliphatic heterocycles. The molecular weight excluding hydrogens is 370 g/mol. The van der Waals surface area contributed by atoms with E-state index in [-0.39, 0.29) is 12.3 Å². The van der Waals surface area contributed by atoms with Crippen LogP contribution in [0.15, 0.2) is 72.4 Å². The Balaban J connectivity index is 1.83. The van der Waals surface area contributed by atoms with E-state index < -0.39 is 12.1 Å². The predicted octanol–water partition coefficient (Wildman–Crippen LogP) is 4.29. The molecule has 0 spiro atoms. The number of methoxy groups -OCH3 is 2. The minimum atomic E-state index is -0.752. The van der Waals surface area contributed by atoms with Gasteiger partial charge in [0, 0.05) is 5.39 Å². The molecule has 0 bridgehead atoms. The van der Waals surface area contributed by atoms with E-state index in [0.717, 1.165) is 16.3 Å². The Morgan fingerprint density at radius 2 is 1.69 bits per heavy atom. The molecule has 0 aromatic heterocycles. The van der Waals surface area contributed by atoms with E-state index in [0.29, 0.717) is 11.3 Å². The molecule has 0 saturated heterocycles. The van der Waals surface area contributed by atoms with E-state index in [1.54, 1.807) is 13.2 Å². The average Bonchev–Trinajstić information content (AvgIpc) is 2.76. The fraction of sp³-hybridized carbons (Fsp3) is 0.130. The summed E-state index contributed by atoms with van der Waals surface area (Å²) in [4.78, 5) is 24.3. The van der Waals surface area contributed by atoms with Crippen molar-refractivity contribution in [2.75, 3.05) is 14.2 Å². The van der Waals surface area contributed by atoms with Crippen LogP contribution in [0.2, 0.25) is 0 Å². The third-order valence-corrected chi connectivity index (χ3v) is 4.23. The van der Waals surface area contributed by atoms with Gasteiger partial charge >= 0.3 is 12.1 Å². The zero-order valence-corrected chi connectivity index (χ0v) is 16.2. The first-order valence-electron chi connectivity index (χ1n) is 8.95. The Morgan fingerprint density at radius 3 is 2.41 bits per heavy atom. The topological polar surface area (TPSA) is 73.9 Å². The smallest absolute Gasteiger partial charge is 0.412 e. The van der Waals surface area contributed by atoms with E-state index in [1.165, 1.54) is 13.2 Å². The Bertz CT molecular complexity index is 1040. The SMILES string of the molecule is COC(=O)/C(=C/c1cc(OC)c2ccccc2c1)NC(=O)OCc1ccccc1. The highest BCUT2D eigenvalue weighted by Crippen LogP contribution is 2.28. The molecule has 0 fully saturated rings. The zero-order chi connectivity index (χ0) is 20.6. The molecule has 0 unspecified atom stereocenters. The molecule has 0 saturated carbocycles. The van der Waals surface area contributed by atoms with Crippen LogP contribution in [0.25, 0.3) is 16.8 Å². The molecule has 148 valence electrons. The third-order valence-electron chi connectivity index (χ3n) is 4.23. The molecule has 29 heavy (non-hydrogen) atoms. The number of esters is 1. The second-order valence-electron chi connectivity index (χ2n) is 6.18. The number of amides is 1. The van der Waals surface area contributed by atoms with Gasteiger partial charge in [-0.2, -0.15) is 0 Å². The number of hydrogen-bond donors (Lipinski definition) is 1. The second-order valence-corrected chi connectivity index (χ2v) is 6.18. The second kappa shape index (κ2) is 9.41. The number of hydrogen-bond acceptors (Lipinski definition) is 5. The van der Waals surface area contributed by atoms with Crippen LogP contribution in [0.3, 0.4) is 0 Å². The van der Waals surface area contributed by atoms with Gasteiger partial charge in [0.15, 0.2) is 0 Å². The van der Waals surface area contributed by atoms with Gasteiger partial charge in [0.25, 0.3) is 0 Å². The van der Waals surface area contributed by atoms with E-state index >= 15 is 0 Å². The molecule has 1 amide bonds.